The van der Waals surface area contributed by atoms with Gasteiger partial charge in [-0.2, -0.15) is 4.21 Å². The number of hydrogen-bond acceptors (Lipinski definition) is 2. The molecule has 4 nitrogen and oxygen atoms in total. The molecule has 0 saturated heterocycles. The van der Waals surface area contributed by atoms with Crippen LogP contribution in [0.4, 0.5) is 0 Å². The van der Waals surface area contributed by atoms with E-state index in [9.17, 15) is 0 Å². The summed E-state index contributed by atoms with van der Waals surface area (Å²) in [6.45, 7) is 0. The van der Waals surface area contributed by atoms with Crippen molar-refractivity contribution in [2.75, 3.05) is 0 Å². The first kappa shape index (κ1) is 9.71. The summed E-state index contributed by atoms with van der Waals surface area (Å²) in [6, 6.07) is 0. The molecule has 0 aliphatic carbocycles. The fraction of sp³-hybridized carbons (Fsp3) is 0. The van der Waals surface area contributed by atoms with E-state index in [1.807, 2.05) is 0 Å². The van der Waals surface area contributed by atoms with Crippen LogP contribution in [0.3, 0.4) is 0 Å². The van der Waals surface area contributed by atoms with Gasteiger partial charge in [0.2, 0.25) is 0 Å². The van der Waals surface area contributed by atoms with Crippen molar-refractivity contribution in [3.05, 3.63) is 0 Å². The molecule has 0 saturated carbocycles. The van der Waals surface area contributed by atoms with Crippen molar-refractivity contribution in [2.45, 2.75) is 0 Å². The molecule has 0 aromatic heterocycles. The second-order valence-corrected chi connectivity index (χ2v) is 0.692. The second-order valence-electron chi connectivity index (χ2n) is 0.231. The van der Waals surface area contributed by atoms with Crippen molar-refractivity contribution >= 4 is 11.4 Å². The molecule has 0 radical (unpaired) electrons. The van der Waals surface area contributed by atoms with Crippen LogP contribution >= 0.6 is 0 Å². The summed E-state index contributed by atoms with van der Waals surface area (Å²) in [5.41, 5.74) is 0. The van der Waals surface area contributed by atoms with Gasteiger partial charge in [0.15, 0.2) is 0 Å². The van der Waals surface area contributed by atoms with Gasteiger partial charge < -0.3 is 0 Å². The molecule has 2 N–H and O–H groups in total. The summed E-state index contributed by atoms with van der Waals surface area (Å²) < 4.78 is 31.2. The van der Waals surface area contributed by atoms with Crippen molar-refractivity contribution in [2.24, 2.45) is 0 Å². The van der Waals surface area contributed by atoms with Crippen molar-refractivity contribution in [3.63, 3.8) is 0 Å². The van der Waals surface area contributed by atoms with E-state index in [2.05, 4.69) is 0 Å². The maximum atomic E-state index is 8.67. The first-order chi connectivity index (χ1) is 2.73. The van der Waals surface area contributed by atoms with Gasteiger partial charge in [0.05, 0.1) is 0 Å². The predicted octanol–water partition coefficient (Wildman–Crippen LogP) is -0.440. The van der Waals surface area contributed by atoms with Crippen molar-refractivity contribution < 1.29 is 35.1 Å². The zero-order valence-electron chi connectivity index (χ0n) is 2.83. The van der Waals surface area contributed by atoms with Gasteiger partial charge >= 0.3 is 21.8 Å². The van der Waals surface area contributed by atoms with Crippen molar-refractivity contribution in [1.29, 1.82) is 0 Å². The molecule has 0 fully saturated rings. The standard InChI is InChI=1S/H2O3S.O.Zn/c1-4(2)3;;/h(H2,1,2,3);;. The van der Waals surface area contributed by atoms with E-state index in [4.69, 9.17) is 16.9 Å². The Morgan fingerprint density at radius 1 is 1.33 bits per heavy atom. The van der Waals surface area contributed by atoms with Crippen LogP contribution in [-0.4, -0.2) is 13.3 Å². The summed E-state index contributed by atoms with van der Waals surface area (Å²) in [4.78, 5) is 0. The van der Waals surface area contributed by atoms with Crippen LogP contribution in [0.1, 0.15) is 0 Å². The summed E-state index contributed by atoms with van der Waals surface area (Å²) in [5, 5.41) is 0. The van der Waals surface area contributed by atoms with E-state index in [0.717, 1.165) is 0 Å². The minimum absolute atomic E-state index is 0.125. The van der Waals surface area contributed by atoms with E-state index >= 15 is 0 Å². The Morgan fingerprint density at radius 2 is 1.33 bits per heavy atom. The predicted molar refractivity (Wildman–Crippen MR) is 14.1 cm³/mol. The van der Waals surface area contributed by atoms with Crippen molar-refractivity contribution in [1.82, 2.24) is 0 Å². The number of hydrogen-bond donors (Lipinski definition) is 2. The summed E-state index contributed by atoms with van der Waals surface area (Å²) >= 11 is -2.49. The Balaban J connectivity index is 0. The molecule has 0 aromatic rings. The molecular formula is H2O4SZn. The summed E-state index contributed by atoms with van der Waals surface area (Å²) in [7, 11) is 0. The quantitative estimate of drug-likeness (QED) is 0.375. The molecule has 0 bridgehead atoms. The molecule has 6 heteroatoms. The topological polar surface area (TPSA) is 74.6 Å². The first-order valence-corrected chi connectivity index (χ1v) is 3.10. The normalized spacial score (nSPS) is 6.83. The Kier molecular flexibility index (Phi) is 14.7. The monoisotopic (exact) mass is 162 g/mol. The van der Waals surface area contributed by atoms with Gasteiger partial charge in [-0.3, -0.25) is 9.11 Å². The van der Waals surface area contributed by atoms with Crippen LogP contribution in [0.15, 0.2) is 0 Å². The Labute approximate surface area is 47.0 Å². The van der Waals surface area contributed by atoms with E-state index in [1.54, 1.807) is 0 Å². The minimum atomic E-state index is -2.61. The summed E-state index contributed by atoms with van der Waals surface area (Å²) in [5.74, 6) is 0. The van der Waals surface area contributed by atoms with Gasteiger partial charge in [-0.25, -0.2) is 0 Å². The molecule has 0 aliphatic rings. The molecule has 0 atom stereocenters. The zero-order chi connectivity index (χ0) is 5.58. The van der Waals surface area contributed by atoms with E-state index in [-0.39, 0.29) is 18.3 Å². The van der Waals surface area contributed by atoms with Gasteiger partial charge in [-0.15, -0.1) is 0 Å². The fourth-order valence-electron chi connectivity index (χ4n) is 0. The van der Waals surface area contributed by atoms with Gasteiger partial charge in [-0.05, 0) is 0 Å². The second kappa shape index (κ2) is 9.09. The number of rotatable bonds is 0. The van der Waals surface area contributed by atoms with Gasteiger partial charge in [-0.1, -0.05) is 0 Å². The zero-order valence-corrected chi connectivity index (χ0v) is 6.61. The van der Waals surface area contributed by atoms with E-state index in [1.165, 1.54) is 0 Å². The third-order valence-corrected chi connectivity index (χ3v) is 0. The van der Waals surface area contributed by atoms with Crippen LogP contribution in [0.2, 0.25) is 0 Å². The fourth-order valence-corrected chi connectivity index (χ4v) is 0. The maximum absolute atomic E-state index is 8.67. The van der Waals surface area contributed by atoms with Crippen molar-refractivity contribution in [3.8, 4) is 0 Å². The molecule has 0 unspecified atom stereocenters. The van der Waals surface area contributed by atoms with Crippen LogP contribution < -0.4 is 0 Å². The van der Waals surface area contributed by atoms with E-state index in [0.29, 0.717) is 0 Å². The van der Waals surface area contributed by atoms with Crippen LogP contribution in [-0.2, 0) is 33.2 Å². The van der Waals surface area contributed by atoms with Crippen LogP contribution in [0.25, 0.3) is 0 Å². The molecule has 0 aromatic carbocycles. The summed E-state index contributed by atoms with van der Waals surface area (Å²) in [6.07, 6.45) is 0. The molecule has 0 rings (SSSR count). The molecule has 34 valence electrons. The van der Waals surface area contributed by atoms with Crippen LogP contribution in [0, 0.1) is 0 Å². The molecule has 6 heavy (non-hydrogen) atoms. The van der Waals surface area contributed by atoms with E-state index < -0.39 is 11.4 Å². The average molecular weight is 163 g/mol. The van der Waals surface area contributed by atoms with Gasteiger partial charge in [0.25, 0.3) is 11.4 Å². The van der Waals surface area contributed by atoms with Gasteiger partial charge in [0, 0.05) is 0 Å². The molecule has 0 spiro atoms. The third kappa shape index (κ3) is 225. The Morgan fingerprint density at radius 3 is 1.33 bits per heavy atom. The van der Waals surface area contributed by atoms with Crippen LogP contribution in [0.5, 0.6) is 0 Å². The van der Waals surface area contributed by atoms with Gasteiger partial charge in [0.1, 0.15) is 0 Å². The molecule has 0 heterocycles. The Hall–Kier alpha value is 0.493. The first-order valence-electron chi connectivity index (χ1n) is 0.820. The SMILES string of the molecule is O=S(O)O.[O]=[Zn]. The average Bonchev–Trinajstić information content (AvgIpc) is 1.41. The molecule has 0 amide bonds. The Bertz CT molecular complexity index is 38.8. The molecule has 0 aliphatic heterocycles. The molecular weight excluding hydrogens is 161 g/mol. The third-order valence-electron chi connectivity index (χ3n) is 0.